The van der Waals surface area contributed by atoms with Crippen LogP contribution >= 0.6 is 0 Å². The average molecular weight is 391 g/mol. The second-order valence-corrected chi connectivity index (χ2v) is 7.52. The first-order valence-electron chi connectivity index (χ1n) is 9.83. The Hall–Kier alpha value is -2.64. The first-order valence-corrected chi connectivity index (χ1v) is 9.83. The number of aromatic carboxylic acids is 1. The highest BCUT2D eigenvalue weighted by Gasteiger charge is 2.27. The largest absolute Gasteiger partial charge is 0.478 e. The predicted molar refractivity (Wildman–Crippen MR) is 101 cm³/mol. The van der Waals surface area contributed by atoms with Crippen LogP contribution in [0.3, 0.4) is 0 Å². The molecule has 0 aromatic heterocycles. The van der Waals surface area contributed by atoms with E-state index in [0.717, 1.165) is 31.7 Å². The third-order valence-corrected chi connectivity index (χ3v) is 5.50. The van der Waals surface area contributed by atoms with Crippen molar-refractivity contribution in [2.75, 3.05) is 13.1 Å². The number of rotatable bonds is 4. The maximum atomic E-state index is 14.1. The Morgan fingerprint density at radius 3 is 2.14 bits per heavy atom. The molecule has 0 unspecified atom stereocenters. The molecule has 0 atom stereocenters. The summed E-state index contributed by atoms with van der Waals surface area (Å²) >= 11 is 0. The molecule has 3 rings (SSSR count). The van der Waals surface area contributed by atoms with Crippen molar-refractivity contribution in [3.63, 3.8) is 0 Å². The lowest BCUT2D eigenvalue weighted by Gasteiger charge is -2.33. The second-order valence-electron chi connectivity index (χ2n) is 7.52. The average Bonchev–Trinajstić information content (AvgIpc) is 2.68. The second kappa shape index (κ2) is 9.03. The Labute approximate surface area is 163 Å². The Morgan fingerprint density at radius 2 is 1.57 bits per heavy atom. The van der Waals surface area contributed by atoms with E-state index in [1.807, 2.05) is 0 Å². The number of benzene rings is 1. The number of halogens is 1. The minimum absolute atomic E-state index is 0.0214. The highest BCUT2D eigenvalue weighted by Crippen LogP contribution is 2.19. The molecule has 1 aromatic carbocycles. The first-order chi connectivity index (χ1) is 13.4. The number of urea groups is 1. The van der Waals surface area contributed by atoms with E-state index in [2.05, 4.69) is 10.6 Å². The van der Waals surface area contributed by atoms with Gasteiger partial charge in [0.15, 0.2) is 0 Å². The number of hydrogen-bond donors (Lipinski definition) is 3. The van der Waals surface area contributed by atoms with Crippen LogP contribution < -0.4 is 10.6 Å². The van der Waals surface area contributed by atoms with Crippen molar-refractivity contribution in [3.05, 3.63) is 35.1 Å². The summed E-state index contributed by atoms with van der Waals surface area (Å²) in [4.78, 5) is 37.1. The van der Waals surface area contributed by atoms with Crippen LogP contribution in [0.2, 0.25) is 0 Å². The molecule has 3 amide bonds. The van der Waals surface area contributed by atoms with Gasteiger partial charge in [-0.15, -0.1) is 0 Å². The molecular weight excluding hydrogens is 365 g/mol. The quantitative estimate of drug-likeness (QED) is 0.735. The molecular formula is C20H26FN3O4. The van der Waals surface area contributed by atoms with Crippen molar-refractivity contribution in [3.8, 4) is 0 Å². The summed E-state index contributed by atoms with van der Waals surface area (Å²) in [7, 11) is 0. The summed E-state index contributed by atoms with van der Waals surface area (Å²) in [6, 6.07) is 3.36. The summed E-state index contributed by atoms with van der Waals surface area (Å²) < 4.78 is 14.1. The molecule has 3 N–H and O–H groups in total. The fraction of sp³-hybridized carbons (Fsp3) is 0.550. The zero-order valence-corrected chi connectivity index (χ0v) is 15.7. The van der Waals surface area contributed by atoms with E-state index in [1.165, 1.54) is 23.5 Å². The van der Waals surface area contributed by atoms with Gasteiger partial charge >= 0.3 is 12.0 Å². The Balaban J connectivity index is 1.48. The van der Waals surface area contributed by atoms with Crippen LogP contribution in [0.1, 0.15) is 65.7 Å². The molecule has 8 heteroatoms. The molecule has 0 radical (unpaired) electrons. The van der Waals surface area contributed by atoms with Crippen LogP contribution in [0.4, 0.5) is 9.18 Å². The summed E-state index contributed by atoms with van der Waals surface area (Å²) in [6.45, 7) is 0.820. The molecule has 1 saturated heterocycles. The van der Waals surface area contributed by atoms with Gasteiger partial charge in [0.25, 0.3) is 5.91 Å². The fourth-order valence-corrected chi connectivity index (χ4v) is 3.88. The number of amides is 3. The smallest absolute Gasteiger partial charge is 0.335 e. The zero-order valence-electron chi connectivity index (χ0n) is 15.7. The first kappa shape index (κ1) is 20.1. The molecule has 1 aliphatic carbocycles. The van der Waals surface area contributed by atoms with Crippen LogP contribution in [-0.4, -0.2) is 53.1 Å². The minimum Gasteiger partial charge on any atom is -0.478 e. The number of hydrogen-bond acceptors (Lipinski definition) is 3. The van der Waals surface area contributed by atoms with E-state index in [4.69, 9.17) is 5.11 Å². The van der Waals surface area contributed by atoms with Gasteiger partial charge in [0, 0.05) is 25.2 Å². The Morgan fingerprint density at radius 1 is 0.964 bits per heavy atom. The lowest BCUT2D eigenvalue weighted by molar-refractivity contribution is 0.0683. The van der Waals surface area contributed by atoms with E-state index in [-0.39, 0.29) is 29.2 Å². The maximum absolute atomic E-state index is 14.1. The number of carboxylic acids is 1. The van der Waals surface area contributed by atoms with Gasteiger partial charge in [0.2, 0.25) is 0 Å². The number of nitrogens with zero attached hydrogens (tertiary/aromatic N) is 1. The Bertz CT molecular complexity index is 741. The van der Waals surface area contributed by atoms with E-state index in [1.54, 1.807) is 0 Å². The van der Waals surface area contributed by atoms with Gasteiger partial charge in [-0.2, -0.15) is 0 Å². The standard InChI is InChI=1S/C20H26FN3O4/c21-17-12-13(19(26)27)6-7-16(17)18(25)24-10-8-15(9-11-24)23-20(28)22-14-4-2-1-3-5-14/h6-7,12,14-15H,1-5,8-11H2,(H,26,27)(H2,22,23,28). The van der Waals surface area contributed by atoms with Gasteiger partial charge in [0.05, 0.1) is 11.1 Å². The molecule has 1 aliphatic heterocycles. The molecule has 1 saturated carbocycles. The third-order valence-electron chi connectivity index (χ3n) is 5.50. The number of likely N-dealkylation sites (tertiary alicyclic amines) is 1. The van der Waals surface area contributed by atoms with Crippen LogP contribution in [0.5, 0.6) is 0 Å². The molecule has 7 nitrogen and oxygen atoms in total. The lowest BCUT2D eigenvalue weighted by atomic mass is 9.96. The van der Waals surface area contributed by atoms with Gasteiger partial charge in [-0.1, -0.05) is 19.3 Å². The summed E-state index contributed by atoms with van der Waals surface area (Å²) in [5.74, 6) is -2.53. The SMILES string of the molecule is O=C(NC1CCCCC1)NC1CCN(C(=O)c2ccc(C(=O)O)cc2F)CC1. The number of carbonyl (C=O) groups is 3. The number of carbonyl (C=O) groups excluding carboxylic acids is 2. The minimum atomic E-state index is -1.24. The van der Waals surface area contributed by atoms with Crippen LogP contribution in [0.15, 0.2) is 18.2 Å². The summed E-state index contributed by atoms with van der Waals surface area (Å²) in [5, 5.41) is 14.9. The van der Waals surface area contributed by atoms with Gasteiger partial charge in [-0.3, -0.25) is 4.79 Å². The third kappa shape index (κ3) is 4.99. The summed E-state index contributed by atoms with van der Waals surface area (Å²) in [5.41, 5.74) is -0.326. The zero-order chi connectivity index (χ0) is 20.1. The van der Waals surface area contributed by atoms with Gasteiger partial charge < -0.3 is 20.6 Å². The van der Waals surface area contributed by atoms with Crippen molar-refractivity contribution < 1.29 is 23.9 Å². The monoisotopic (exact) mass is 391 g/mol. The molecule has 2 fully saturated rings. The van der Waals surface area contributed by atoms with E-state index >= 15 is 0 Å². The van der Waals surface area contributed by atoms with Gasteiger partial charge in [-0.05, 0) is 43.9 Å². The molecule has 152 valence electrons. The molecule has 2 aliphatic rings. The van der Waals surface area contributed by atoms with Crippen LogP contribution in [0, 0.1) is 5.82 Å². The van der Waals surface area contributed by atoms with E-state index < -0.39 is 17.7 Å². The summed E-state index contributed by atoms with van der Waals surface area (Å²) in [6.07, 6.45) is 6.76. The molecule has 0 spiro atoms. The molecule has 28 heavy (non-hydrogen) atoms. The highest BCUT2D eigenvalue weighted by molar-refractivity contribution is 5.96. The Kier molecular flexibility index (Phi) is 6.49. The van der Waals surface area contributed by atoms with E-state index in [9.17, 15) is 18.8 Å². The van der Waals surface area contributed by atoms with Crippen molar-refractivity contribution >= 4 is 17.9 Å². The van der Waals surface area contributed by atoms with Gasteiger partial charge in [0.1, 0.15) is 5.82 Å². The van der Waals surface area contributed by atoms with Crippen molar-refractivity contribution in [2.45, 2.75) is 57.0 Å². The number of piperidine rings is 1. The predicted octanol–water partition coefficient (Wildman–Crippen LogP) is 2.76. The van der Waals surface area contributed by atoms with Crippen LogP contribution in [-0.2, 0) is 0 Å². The molecule has 1 heterocycles. The van der Waals surface area contributed by atoms with Crippen LogP contribution in [0.25, 0.3) is 0 Å². The number of carboxylic acid groups (broad SMARTS) is 1. The molecule has 0 bridgehead atoms. The van der Waals surface area contributed by atoms with Gasteiger partial charge in [-0.25, -0.2) is 14.0 Å². The topological polar surface area (TPSA) is 98.7 Å². The number of nitrogens with one attached hydrogen (secondary N) is 2. The lowest BCUT2D eigenvalue weighted by Crippen LogP contribution is -2.51. The normalized spacial score (nSPS) is 18.5. The van der Waals surface area contributed by atoms with Crippen molar-refractivity contribution in [1.82, 2.24) is 15.5 Å². The van der Waals surface area contributed by atoms with Crippen molar-refractivity contribution in [2.24, 2.45) is 0 Å². The van der Waals surface area contributed by atoms with Crippen molar-refractivity contribution in [1.29, 1.82) is 0 Å². The fourth-order valence-electron chi connectivity index (χ4n) is 3.88. The highest BCUT2D eigenvalue weighted by atomic mass is 19.1. The maximum Gasteiger partial charge on any atom is 0.335 e. The van der Waals surface area contributed by atoms with E-state index in [0.29, 0.717) is 25.9 Å². The molecule has 1 aromatic rings.